The van der Waals surface area contributed by atoms with Crippen molar-refractivity contribution in [3.05, 3.63) is 29.6 Å². The Morgan fingerprint density at radius 1 is 1.00 bits per heavy atom. The van der Waals surface area contributed by atoms with Crippen molar-refractivity contribution < 1.29 is 77.6 Å². The van der Waals surface area contributed by atoms with E-state index < -0.39 is 113 Å². The van der Waals surface area contributed by atoms with Crippen molar-refractivity contribution in [3.63, 3.8) is 0 Å². The van der Waals surface area contributed by atoms with Crippen molar-refractivity contribution in [2.24, 2.45) is 11.3 Å². The average molecular weight is 694 g/mol. The number of hydrogen-bond donors (Lipinski definition) is 4. The topological polar surface area (TPSA) is 252 Å². The highest BCUT2D eigenvalue weighted by molar-refractivity contribution is 5.93. The Labute approximate surface area is 279 Å². The Hall–Kier alpha value is -4.03. The highest BCUT2D eigenvalue weighted by Gasteiger charge is 2.90. The monoisotopic (exact) mass is 693 g/mol. The maximum Gasteiger partial charge on any atom is 0.340 e. The van der Waals surface area contributed by atoms with Gasteiger partial charge in [-0.25, -0.2) is 9.59 Å². The highest BCUT2D eigenvalue weighted by Crippen LogP contribution is 2.67. The lowest BCUT2D eigenvalue weighted by molar-refractivity contribution is -0.376. The van der Waals surface area contributed by atoms with Gasteiger partial charge in [-0.1, -0.05) is 0 Å². The maximum absolute atomic E-state index is 14.5. The van der Waals surface area contributed by atoms with Gasteiger partial charge in [0.15, 0.2) is 23.6 Å². The standard InChI is InChI=1S/C32H39NO16/c1-14(34)44-13-31-24(46-15(2)35)20(37)19-22(39)32(31)30(6,43)23(21(38)25(31)47-16(3)36)48-27(41)28(4,42)10-9-18-17(8-7-11-33-18)26(40)45-12-29(19,5)49-32/h7-8,11,19,21-25,38-39,42-43H,9-10,12-13H2,1-6H3/t19-,21+,22-,23+,24-,25+,28?,29+,30+,31-,32+/m1/s1. The molecule has 2 saturated carbocycles. The Morgan fingerprint density at radius 3 is 2.27 bits per heavy atom. The summed E-state index contributed by atoms with van der Waals surface area (Å²) in [6.07, 6.45) is -10.2. The lowest BCUT2D eigenvalue weighted by Crippen LogP contribution is -2.88. The van der Waals surface area contributed by atoms with E-state index in [1.807, 2.05) is 0 Å². The molecule has 17 nitrogen and oxygen atoms in total. The molecule has 0 aromatic carbocycles. The molecule has 11 atom stereocenters. The SMILES string of the molecule is CC(=O)OC[C@]12[C@H](OC(C)=O)C(=O)[C@@H]3[C@@H](O)[C@@]14O[C@@]3(C)COC(=O)c1cccnc1CCC(C)(O)C(=O)O[C@@H]([C@H](O)[C@@H]2OC(C)=O)[C@]4(C)O. The van der Waals surface area contributed by atoms with Crippen molar-refractivity contribution in [1.82, 2.24) is 4.98 Å². The zero-order valence-corrected chi connectivity index (χ0v) is 27.7. The van der Waals surface area contributed by atoms with Crippen LogP contribution in [0.3, 0.4) is 0 Å². The number of carbonyl (C=O) groups is 6. The van der Waals surface area contributed by atoms with E-state index in [9.17, 15) is 49.2 Å². The number of rotatable bonds is 4. The third-order valence-electron chi connectivity index (χ3n) is 10.2. The lowest BCUT2D eigenvalue weighted by Gasteiger charge is -2.66. The van der Waals surface area contributed by atoms with E-state index in [0.717, 1.165) is 34.6 Å². The lowest BCUT2D eigenvalue weighted by atomic mass is 9.45. The number of aryl methyl sites for hydroxylation is 1. The number of aliphatic hydroxyl groups excluding tert-OH is 2. The summed E-state index contributed by atoms with van der Waals surface area (Å²) in [4.78, 5) is 83.4. The van der Waals surface area contributed by atoms with Gasteiger partial charge in [0, 0.05) is 27.0 Å². The average Bonchev–Trinajstić information content (AvgIpc) is 3.22. The first-order valence-corrected chi connectivity index (χ1v) is 15.5. The van der Waals surface area contributed by atoms with E-state index in [1.165, 1.54) is 25.3 Å². The number of fused-ring (bicyclic) bond motifs is 5. The zero-order valence-electron chi connectivity index (χ0n) is 27.7. The minimum Gasteiger partial charge on any atom is -0.465 e. The minimum absolute atomic E-state index is 0.0609. The summed E-state index contributed by atoms with van der Waals surface area (Å²) in [5, 5.41) is 48.1. The van der Waals surface area contributed by atoms with Crippen molar-refractivity contribution in [2.45, 2.75) is 107 Å². The normalized spacial score (nSPS) is 41.7. The fraction of sp³-hybridized carbons (Fsp3) is 0.656. The molecule has 0 radical (unpaired) electrons. The molecule has 1 aromatic rings. The van der Waals surface area contributed by atoms with E-state index in [-0.39, 0.29) is 24.1 Å². The van der Waals surface area contributed by atoms with E-state index in [4.69, 9.17) is 28.4 Å². The molecular formula is C32H39NO16. The number of aliphatic hydroxyl groups is 4. The number of pyridine rings is 1. The molecule has 1 unspecified atom stereocenters. The molecule has 4 N–H and O–H groups in total. The summed E-state index contributed by atoms with van der Waals surface area (Å²) in [7, 11) is 0. The van der Waals surface area contributed by atoms with Gasteiger partial charge in [-0.2, -0.15) is 0 Å². The quantitative estimate of drug-likeness (QED) is 0.206. The van der Waals surface area contributed by atoms with Gasteiger partial charge in [0.1, 0.15) is 47.6 Å². The molecule has 5 rings (SSSR count). The molecule has 2 aliphatic carbocycles. The van der Waals surface area contributed by atoms with Crippen LogP contribution in [0.15, 0.2) is 18.3 Å². The van der Waals surface area contributed by atoms with Crippen LogP contribution in [0.5, 0.6) is 0 Å². The fourth-order valence-electron chi connectivity index (χ4n) is 8.03. The van der Waals surface area contributed by atoms with Crippen LogP contribution < -0.4 is 0 Å². The molecule has 4 bridgehead atoms. The number of ketones is 1. The molecule has 1 saturated heterocycles. The van der Waals surface area contributed by atoms with Crippen LogP contribution in [-0.4, -0.2) is 127 Å². The van der Waals surface area contributed by atoms with Gasteiger partial charge >= 0.3 is 29.8 Å². The van der Waals surface area contributed by atoms with E-state index >= 15 is 0 Å². The minimum atomic E-state index is -2.85. The van der Waals surface area contributed by atoms with Gasteiger partial charge < -0.3 is 48.8 Å². The molecular weight excluding hydrogens is 654 g/mol. The zero-order chi connectivity index (χ0) is 36.5. The van der Waals surface area contributed by atoms with Crippen LogP contribution in [0.2, 0.25) is 0 Å². The fourth-order valence-corrected chi connectivity index (χ4v) is 8.03. The highest BCUT2D eigenvalue weighted by atomic mass is 16.6. The van der Waals surface area contributed by atoms with Gasteiger partial charge in [0.05, 0.1) is 23.3 Å². The summed E-state index contributed by atoms with van der Waals surface area (Å²) >= 11 is 0. The Kier molecular flexibility index (Phi) is 8.94. The van der Waals surface area contributed by atoms with Gasteiger partial charge in [-0.15, -0.1) is 0 Å². The van der Waals surface area contributed by atoms with E-state index in [2.05, 4.69) is 4.98 Å². The van der Waals surface area contributed by atoms with Crippen LogP contribution in [-0.2, 0) is 58.8 Å². The third kappa shape index (κ3) is 5.29. The second-order valence-corrected chi connectivity index (χ2v) is 13.6. The van der Waals surface area contributed by atoms with Gasteiger partial charge in [-0.05, 0) is 45.7 Å². The number of nitrogens with zero attached hydrogens (tertiary/aromatic N) is 1. The van der Waals surface area contributed by atoms with Crippen LogP contribution in [0, 0.1) is 11.3 Å². The predicted octanol–water partition coefficient (Wildman–Crippen LogP) is -1.53. The molecule has 268 valence electrons. The molecule has 0 amide bonds. The summed E-state index contributed by atoms with van der Waals surface area (Å²) in [5.74, 6) is -8.36. The van der Waals surface area contributed by atoms with Crippen molar-refractivity contribution in [1.29, 1.82) is 0 Å². The number of aromatic nitrogens is 1. The molecule has 49 heavy (non-hydrogen) atoms. The van der Waals surface area contributed by atoms with Crippen LogP contribution in [0.4, 0.5) is 0 Å². The Morgan fingerprint density at radius 2 is 1.65 bits per heavy atom. The summed E-state index contributed by atoms with van der Waals surface area (Å²) < 4.78 is 34.2. The second kappa shape index (κ2) is 12.1. The second-order valence-electron chi connectivity index (χ2n) is 13.6. The van der Waals surface area contributed by atoms with Crippen LogP contribution in [0.1, 0.15) is 64.0 Å². The smallest absolute Gasteiger partial charge is 0.340 e. The first kappa shape index (κ1) is 36.3. The number of ether oxygens (including phenoxy) is 6. The van der Waals surface area contributed by atoms with Crippen LogP contribution >= 0.6 is 0 Å². The van der Waals surface area contributed by atoms with Gasteiger partial charge in [-0.3, -0.25) is 24.2 Å². The maximum atomic E-state index is 14.5. The third-order valence-corrected chi connectivity index (χ3v) is 10.2. The summed E-state index contributed by atoms with van der Waals surface area (Å²) in [6, 6.07) is 2.82. The van der Waals surface area contributed by atoms with Crippen molar-refractivity contribution in [3.8, 4) is 0 Å². The molecule has 3 fully saturated rings. The Balaban J connectivity index is 1.85. The predicted molar refractivity (Wildman–Crippen MR) is 157 cm³/mol. The molecule has 2 aliphatic heterocycles. The molecule has 17 heteroatoms. The molecule has 3 heterocycles. The van der Waals surface area contributed by atoms with Crippen LogP contribution in [0.25, 0.3) is 0 Å². The molecule has 4 aliphatic rings. The van der Waals surface area contributed by atoms with Crippen molar-refractivity contribution in [2.75, 3.05) is 13.2 Å². The first-order valence-electron chi connectivity index (χ1n) is 15.5. The first-order chi connectivity index (χ1) is 22.7. The van der Waals surface area contributed by atoms with E-state index in [1.54, 1.807) is 0 Å². The summed E-state index contributed by atoms with van der Waals surface area (Å²) in [5.41, 5.74) is -12.7. The number of hydrogen-bond acceptors (Lipinski definition) is 17. The number of Topliss-reactive ketones (excluding diaryl/α,β-unsaturated/α-hetero) is 1. The molecule has 1 spiro atoms. The van der Waals surface area contributed by atoms with Gasteiger partial charge in [0.2, 0.25) is 0 Å². The van der Waals surface area contributed by atoms with E-state index in [0.29, 0.717) is 0 Å². The largest absolute Gasteiger partial charge is 0.465 e. The number of cyclic esters (lactones) is 1. The van der Waals surface area contributed by atoms with Crippen molar-refractivity contribution >= 4 is 35.6 Å². The molecule has 1 aromatic heterocycles. The van der Waals surface area contributed by atoms with Gasteiger partial charge in [0.25, 0.3) is 0 Å². The Bertz CT molecular complexity index is 1590. The number of carbonyl (C=O) groups excluding carboxylic acids is 6. The number of esters is 5. The summed E-state index contributed by atoms with van der Waals surface area (Å²) in [6.45, 7) is 4.31.